The third-order valence-electron chi connectivity index (χ3n) is 3.91. The van der Waals surface area contributed by atoms with E-state index in [2.05, 4.69) is 10.5 Å². The molecular weight excluding hydrogens is 322 g/mol. The van der Waals surface area contributed by atoms with Crippen LogP contribution in [-0.4, -0.2) is 41.6 Å². The number of anilines is 1. The molecule has 0 aliphatic heterocycles. The molecule has 1 atom stereocenters. The first-order valence-corrected chi connectivity index (χ1v) is 8.12. The highest BCUT2D eigenvalue weighted by Gasteiger charge is 2.23. The minimum atomic E-state index is -0.329. The lowest BCUT2D eigenvalue weighted by molar-refractivity contribution is -0.117. The lowest BCUT2D eigenvalue weighted by Gasteiger charge is -2.28. The molecule has 0 aliphatic carbocycles. The highest BCUT2D eigenvalue weighted by molar-refractivity contribution is 5.99. The molecule has 1 heterocycles. The Balaban J connectivity index is 2.14. The quantitative estimate of drug-likeness (QED) is 0.834. The van der Waals surface area contributed by atoms with Crippen molar-refractivity contribution in [2.45, 2.75) is 33.2 Å². The van der Waals surface area contributed by atoms with E-state index in [4.69, 9.17) is 9.26 Å². The molecule has 0 saturated heterocycles. The highest BCUT2D eigenvalue weighted by atomic mass is 16.5. The van der Waals surface area contributed by atoms with Crippen molar-refractivity contribution in [1.29, 1.82) is 0 Å². The van der Waals surface area contributed by atoms with Crippen LogP contribution in [0.2, 0.25) is 0 Å². The van der Waals surface area contributed by atoms with E-state index in [0.29, 0.717) is 22.9 Å². The second-order valence-corrected chi connectivity index (χ2v) is 5.79. The Labute approximate surface area is 146 Å². The zero-order valence-electron chi connectivity index (χ0n) is 14.9. The van der Waals surface area contributed by atoms with Gasteiger partial charge in [0.1, 0.15) is 18.1 Å². The average Bonchev–Trinajstić information content (AvgIpc) is 3.03. The molecule has 2 rings (SSSR count). The van der Waals surface area contributed by atoms with Crippen molar-refractivity contribution in [1.82, 2.24) is 10.1 Å². The molecule has 25 heavy (non-hydrogen) atoms. The number of nitrogens with zero attached hydrogens (tertiary/aromatic N) is 2. The lowest BCUT2D eigenvalue weighted by atomic mass is 10.1. The molecule has 2 aromatic rings. The predicted octanol–water partition coefficient (Wildman–Crippen LogP) is 2.87. The molecule has 1 aromatic heterocycles. The largest absolute Gasteiger partial charge is 0.497 e. The van der Waals surface area contributed by atoms with Crippen molar-refractivity contribution >= 4 is 17.6 Å². The number of hydrogen-bond donors (Lipinski definition) is 1. The summed E-state index contributed by atoms with van der Waals surface area (Å²) in [6.45, 7) is 5.54. The molecule has 134 valence electrons. The van der Waals surface area contributed by atoms with Crippen LogP contribution < -0.4 is 10.1 Å². The fraction of sp³-hybridized carbons (Fsp3) is 0.389. The van der Waals surface area contributed by atoms with Gasteiger partial charge in [-0.2, -0.15) is 0 Å². The van der Waals surface area contributed by atoms with Crippen LogP contribution in [0.3, 0.4) is 0 Å². The summed E-state index contributed by atoms with van der Waals surface area (Å²) in [5.41, 5.74) is 0.477. The summed E-state index contributed by atoms with van der Waals surface area (Å²) in [4.78, 5) is 26.7. The van der Waals surface area contributed by atoms with Crippen LogP contribution in [0.25, 0.3) is 0 Å². The number of carbonyl (C=O) groups excluding carboxylic acids is 2. The van der Waals surface area contributed by atoms with E-state index in [-0.39, 0.29) is 24.4 Å². The summed E-state index contributed by atoms with van der Waals surface area (Å²) >= 11 is 0. The second-order valence-electron chi connectivity index (χ2n) is 5.79. The lowest BCUT2D eigenvalue weighted by Crippen LogP contribution is -2.43. The molecular formula is C18H23N3O4. The molecule has 1 aromatic carbocycles. The molecule has 0 aliphatic rings. The highest BCUT2D eigenvalue weighted by Crippen LogP contribution is 2.17. The molecule has 7 heteroatoms. The minimum Gasteiger partial charge on any atom is -0.497 e. The summed E-state index contributed by atoms with van der Waals surface area (Å²) in [6, 6.07) is 8.41. The summed E-state index contributed by atoms with van der Waals surface area (Å²) < 4.78 is 10.1. The maximum absolute atomic E-state index is 12.9. The number of carbonyl (C=O) groups is 2. The summed E-state index contributed by atoms with van der Waals surface area (Å²) in [5.74, 6) is 0.976. The Morgan fingerprint density at radius 1 is 1.36 bits per heavy atom. The minimum absolute atomic E-state index is 0.0725. The van der Waals surface area contributed by atoms with Crippen LogP contribution in [0.5, 0.6) is 5.75 Å². The maximum atomic E-state index is 12.9. The standard InChI is InChI=1S/C18H23N3O4/c1-5-12(2)21(11-17(22)19-16-9-13(3)25-20-16)18(23)14-7-6-8-15(10-14)24-4/h6-10,12H,5,11H2,1-4H3,(H,19,20,22)/t12-/m1/s1. The van der Waals surface area contributed by atoms with Gasteiger partial charge >= 0.3 is 0 Å². The normalized spacial score (nSPS) is 11.7. The Morgan fingerprint density at radius 3 is 2.72 bits per heavy atom. The summed E-state index contributed by atoms with van der Waals surface area (Å²) in [7, 11) is 1.55. The SMILES string of the molecule is CC[C@@H](C)N(CC(=O)Nc1cc(C)on1)C(=O)c1cccc(OC)c1. The number of aryl methyl sites for hydroxylation is 1. The van der Waals surface area contributed by atoms with Gasteiger partial charge in [-0.05, 0) is 38.5 Å². The monoisotopic (exact) mass is 345 g/mol. The number of rotatable bonds is 7. The van der Waals surface area contributed by atoms with Crippen LogP contribution in [-0.2, 0) is 4.79 Å². The van der Waals surface area contributed by atoms with Crippen molar-refractivity contribution < 1.29 is 18.8 Å². The number of hydrogen-bond acceptors (Lipinski definition) is 5. The number of methoxy groups -OCH3 is 1. The van der Waals surface area contributed by atoms with Crippen molar-refractivity contribution in [3.8, 4) is 5.75 Å². The van der Waals surface area contributed by atoms with E-state index in [9.17, 15) is 9.59 Å². The van der Waals surface area contributed by atoms with Crippen molar-refractivity contribution in [2.75, 3.05) is 19.0 Å². The van der Waals surface area contributed by atoms with E-state index < -0.39 is 0 Å². The van der Waals surface area contributed by atoms with Crippen molar-refractivity contribution in [3.05, 3.63) is 41.7 Å². The fourth-order valence-electron chi connectivity index (χ4n) is 2.33. The smallest absolute Gasteiger partial charge is 0.254 e. The Morgan fingerprint density at radius 2 is 2.12 bits per heavy atom. The first kappa shape index (κ1) is 18.5. The first-order valence-electron chi connectivity index (χ1n) is 8.12. The summed E-state index contributed by atoms with van der Waals surface area (Å²) in [5, 5.41) is 6.37. The molecule has 0 saturated carbocycles. The topological polar surface area (TPSA) is 84.7 Å². The van der Waals surface area contributed by atoms with E-state index in [1.165, 1.54) is 4.90 Å². The third-order valence-corrected chi connectivity index (χ3v) is 3.91. The Kier molecular flexibility index (Phi) is 6.16. The molecule has 7 nitrogen and oxygen atoms in total. The predicted molar refractivity (Wildman–Crippen MR) is 93.7 cm³/mol. The molecule has 2 amide bonds. The summed E-state index contributed by atoms with van der Waals surface area (Å²) in [6.07, 6.45) is 0.728. The van der Waals surface area contributed by atoms with Gasteiger partial charge in [-0.1, -0.05) is 18.1 Å². The Bertz CT molecular complexity index is 741. The zero-order valence-corrected chi connectivity index (χ0v) is 14.9. The molecule has 0 unspecified atom stereocenters. The molecule has 0 fully saturated rings. The Hall–Kier alpha value is -2.83. The number of aromatic nitrogens is 1. The van der Waals surface area contributed by atoms with Gasteiger partial charge in [0.05, 0.1) is 7.11 Å². The third kappa shape index (κ3) is 4.82. The average molecular weight is 345 g/mol. The molecule has 0 radical (unpaired) electrons. The van der Waals surface area contributed by atoms with Gasteiger partial charge in [0, 0.05) is 17.7 Å². The molecule has 1 N–H and O–H groups in total. The van der Waals surface area contributed by atoms with Gasteiger partial charge in [0.15, 0.2) is 5.82 Å². The van der Waals surface area contributed by atoms with E-state index in [0.717, 1.165) is 6.42 Å². The number of benzene rings is 1. The van der Waals surface area contributed by atoms with Crippen LogP contribution in [0.15, 0.2) is 34.9 Å². The van der Waals surface area contributed by atoms with Gasteiger partial charge in [0.2, 0.25) is 5.91 Å². The maximum Gasteiger partial charge on any atom is 0.254 e. The van der Waals surface area contributed by atoms with E-state index in [1.807, 2.05) is 13.8 Å². The van der Waals surface area contributed by atoms with Gasteiger partial charge in [0.25, 0.3) is 5.91 Å². The van der Waals surface area contributed by atoms with Crippen LogP contribution in [0, 0.1) is 6.92 Å². The first-order chi connectivity index (χ1) is 11.9. The fourth-order valence-corrected chi connectivity index (χ4v) is 2.33. The molecule has 0 spiro atoms. The van der Waals surface area contributed by atoms with E-state index in [1.54, 1.807) is 44.4 Å². The van der Waals surface area contributed by atoms with Gasteiger partial charge < -0.3 is 19.5 Å². The van der Waals surface area contributed by atoms with Crippen LogP contribution in [0.4, 0.5) is 5.82 Å². The van der Waals surface area contributed by atoms with Gasteiger partial charge in [-0.15, -0.1) is 0 Å². The van der Waals surface area contributed by atoms with E-state index >= 15 is 0 Å². The second kappa shape index (κ2) is 8.32. The number of ether oxygens (including phenoxy) is 1. The van der Waals surface area contributed by atoms with Crippen LogP contribution in [0.1, 0.15) is 36.4 Å². The number of amides is 2. The van der Waals surface area contributed by atoms with Gasteiger partial charge in [-0.25, -0.2) is 0 Å². The van der Waals surface area contributed by atoms with Crippen molar-refractivity contribution in [2.24, 2.45) is 0 Å². The van der Waals surface area contributed by atoms with Crippen LogP contribution >= 0.6 is 0 Å². The van der Waals surface area contributed by atoms with Gasteiger partial charge in [-0.3, -0.25) is 9.59 Å². The molecule has 0 bridgehead atoms. The number of nitrogens with one attached hydrogen (secondary N) is 1. The van der Waals surface area contributed by atoms with Crippen molar-refractivity contribution in [3.63, 3.8) is 0 Å². The zero-order chi connectivity index (χ0) is 18.4.